The van der Waals surface area contributed by atoms with E-state index in [9.17, 15) is 9.18 Å². The lowest BCUT2D eigenvalue weighted by atomic mass is 9.79. The molecule has 1 aliphatic heterocycles. The van der Waals surface area contributed by atoms with Gasteiger partial charge in [-0.2, -0.15) is 0 Å². The Labute approximate surface area is 142 Å². The van der Waals surface area contributed by atoms with E-state index in [2.05, 4.69) is 13.8 Å². The summed E-state index contributed by atoms with van der Waals surface area (Å²) in [7, 11) is 3.51. The van der Waals surface area contributed by atoms with Gasteiger partial charge in [-0.3, -0.25) is 9.69 Å². The van der Waals surface area contributed by atoms with Crippen LogP contribution in [0, 0.1) is 11.2 Å². The van der Waals surface area contributed by atoms with Crippen molar-refractivity contribution in [2.45, 2.75) is 32.4 Å². The Kier molecular flexibility index (Phi) is 5.33. The molecule has 2 unspecified atom stereocenters. The van der Waals surface area contributed by atoms with Crippen LogP contribution in [-0.2, 0) is 4.79 Å². The molecule has 0 spiro atoms. The molecule has 4 nitrogen and oxygen atoms in total. The Morgan fingerprint density at radius 2 is 2.13 bits per heavy atom. The molecule has 1 aliphatic rings. The molecule has 1 fully saturated rings. The van der Waals surface area contributed by atoms with Crippen molar-refractivity contribution in [3.05, 3.63) is 34.6 Å². The maximum atomic E-state index is 14.3. The van der Waals surface area contributed by atoms with Crippen molar-refractivity contribution in [1.82, 2.24) is 9.80 Å². The number of amides is 1. The standard InChI is InChI=1S/C17H25ClFN3O/c1-17(2)10-22(9-8-13(17)20)16(23)15(21(3)4)14-11(18)6-5-7-12(14)19/h5-7,13,15H,8-10,20H2,1-4H3. The summed E-state index contributed by atoms with van der Waals surface area (Å²) >= 11 is 6.17. The van der Waals surface area contributed by atoms with E-state index >= 15 is 0 Å². The van der Waals surface area contributed by atoms with Gasteiger partial charge < -0.3 is 10.6 Å². The van der Waals surface area contributed by atoms with E-state index in [4.69, 9.17) is 17.3 Å². The van der Waals surface area contributed by atoms with Crippen LogP contribution >= 0.6 is 11.6 Å². The highest BCUT2D eigenvalue weighted by Gasteiger charge is 2.39. The van der Waals surface area contributed by atoms with Gasteiger partial charge in [0, 0.05) is 29.7 Å². The van der Waals surface area contributed by atoms with Crippen LogP contribution in [0.3, 0.4) is 0 Å². The van der Waals surface area contributed by atoms with Crippen molar-refractivity contribution in [2.24, 2.45) is 11.1 Å². The average molecular weight is 342 g/mol. The third kappa shape index (κ3) is 3.67. The summed E-state index contributed by atoms with van der Waals surface area (Å²) in [5.41, 5.74) is 6.21. The van der Waals surface area contributed by atoms with Gasteiger partial charge in [0.1, 0.15) is 11.9 Å². The van der Waals surface area contributed by atoms with E-state index in [-0.39, 0.29) is 28.0 Å². The number of nitrogens with two attached hydrogens (primary N) is 1. The summed E-state index contributed by atoms with van der Waals surface area (Å²) < 4.78 is 14.3. The van der Waals surface area contributed by atoms with Crippen LogP contribution in [0.4, 0.5) is 4.39 Å². The van der Waals surface area contributed by atoms with E-state index in [0.29, 0.717) is 13.1 Å². The number of piperidine rings is 1. The summed E-state index contributed by atoms with van der Waals surface area (Å²) in [6, 6.07) is 3.80. The molecule has 1 aromatic rings. The van der Waals surface area contributed by atoms with E-state index < -0.39 is 11.9 Å². The normalized spacial score (nSPS) is 22.3. The molecule has 0 bridgehead atoms. The van der Waals surface area contributed by atoms with Gasteiger partial charge in [-0.1, -0.05) is 31.5 Å². The number of hydrogen-bond donors (Lipinski definition) is 1. The first kappa shape index (κ1) is 18.2. The molecule has 23 heavy (non-hydrogen) atoms. The molecule has 1 heterocycles. The van der Waals surface area contributed by atoms with Crippen molar-refractivity contribution >= 4 is 17.5 Å². The number of carbonyl (C=O) groups excluding carboxylic acids is 1. The summed E-state index contributed by atoms with van der Waals surface area (Å²) in [4.78, 5) is 16.5. The maximum Gasteiger partial charge on any atom is 0.244 e. The fourth-order valence-corrected chi connectivity index (χ4v) is 3.38. The number of benzene rings is 1. The molecule has 0 aliphatic carbocycles. The van der Waals surface area contributed by atoms with Gasteiger partial charge in [-0.05, 0) is 38.1 Å². The number of hydrogen-bond acceptors (Lipinski definition) is 3. The van der Waals surface area contributed by atoms with Gasteiger partial charge in [-0.25, -0.2) is 4.39 Å². The minimum Gasteiger partial charge on any atom is -0.340 e. The van der Waals surface area contributed by atoms with Crippen molar-refractivity contribution in [2.75, 3.05) is 27.2 Å². The van der Waals surface area contributed by atoms with E-state index in [1.54, 1.807) is 36.0 Å². The highest BCUT2D eigenvalue weighted by atomic mass is 35.5. The van der Waals surface area contributed by atoms with Crippen LogP contribution in [0.15, 0.2) is 18.2 Å². The van der Waals surface area contributed by atoms with Crippen LogP contribution in [0.2, 0.25) is 5.02 Å². The molecule has 0 aromatic heterocycles. The summed E-state index contributed by atoms with van der Waals surface area (Å²) in [5.74, 6) is -0.598. The predicted octanol–water partition coefficient (Wildman–Crippen LogP) is 2.67. The molecule has 2 N–H and O–H groups in total. The van der Waals surface area contributed by atoms with Gasteiger partial charge >= 0.3 is 0 Å². The van der Waals surface area contributed by atoms with Crippen molar-refractivity contribution in [1.29, 1.82) is 0 Å². The molecular weight excluding hydrogens is 317 g/mol. The van der Waals surface area contributed by atoms with Crippen LogP contribution in [0.25, 0.3) is 0 Å². The number of halogens is 2. The maximum absolute atomic E-state index is 14.3. The first-order valence-corrected chi connectivity index (χ1v) is 8.17. The lowest BCUT2D eigenvalue weighted by molar-refractivity contribution is -0.140. The molecule has 0 saturated carbocycles. The summed E-state index contributed by atoms with van der Waals surface area (Å²) in [5, 5.41) is 0.269. The van der Waals surface area contributed by atoms with Crippen LogP contribution in [-0.4, -0.2) is 48.9 Å². The Balaban J connectivity index is 2.34. The van der Waals surface area contributed by atoms with Crippen LogP contribution in [0.5, 0.6) is 0 Å². The molecule has 128 valence electrons. The molecule has 2 atom stereocenters. The van der Waals surface area contributed by atoms with Crippen molar-refractivity contribution in [3.8, 4) is 0 Å². The predicted molar refractivity (Wildman–Crippen MR) is 90.8 cm³/mol. The minimum absolute atomic E-state index is 0.0569. The monoisotopic (exact) mass is 341 g/mol. The molecule has 1 saturated heterocycles. The molecule has 1 amide bonds. The zero-order chi connectivity index (χ0) is 17.4. The smallest absolute Gasteiger partial charge is 0.244 e. The number of rotatable bonds is 3. The lowest BCUT2D eigenvalue weighted by Gasteiger charge is -2.44. The first-order chi connectivity index (χ1) is 10.6. The average Bonchev–Trinajstić information content (AvgIpc) is 2.44. The van der Waals surface area contributed by atoms with Gasteiger partial charge in [-0.15, -0.1) is 0 Å². The Morgan fingerprint density at radius 3 is 2.65 bits per heavy atom. The van der Waals surface area contributed by atoms with Gasteiger partial charge in [0.2, 0.25) is 5.91 Å². The Morgan fingerprint density at radius 1 is 1.48 bits per heavy atom. The number of nitrogens with zero attached hydrogens (tertiary/aromatic N) is 2. The van der Waals surface area contributed by atoms with Crippen molar-refractivity contribution in [3.63, 3.8) is 0 Å². The zero-order valence-electron chi connectivity index (χ0n) is 14.1. The third-order valence-corrected chi connectivity index (χ3v) is 4.98. The quantitative estimate of drug-likeness (QED) is 0.919. The first-order valence-electron chi connectivity index (χ1n) is 7.80. The molecule has 0 radical (unpaired) electrons. The molecule has 1 aromatic carbocycles. The Hall–Kier alpha value is -1.17. The van der Waals surface area contributed by atoms with Crippen molar-refractivity contribution < 1.29 is 9.18 Å². The van der Waals surface area contributed by atoms with Gasteiger partial charge in [0.15, 0.2) is 0 Å². The highest BCUT2D eigenvalue weighted by molar-refractivity contribution is 6.31. The number of likely N-dealkylation sites (tertiary alicyclic amines) is 1. The summed E-state index contributed by atoms with van der Waals surface area (Å²) in [6.45, 7) is 5.25. The molecule has 2 rings (SSSR count). The largest absolute Gasteiger partial charge is 0.340 e. The second-order valence-electron chi connectivity index (χ2n) is 7.15. The zero-order valence-corrected chi connectivity index (χ0v) is 14.9. The fraction of sp³-hybridized carbons (Fsp3) is 0.588. The molecule has 6 heteroatoms. The SMILES string of the molecule is CN(C)C(C(=O)N1CCC(N)C(C)(C)C1)c1c(F)cccc1Cl. The number of likely N-dealkylation sites (N-methyl/N-ethyl adjacent to an activating group) is 1. The summed E-state index contributed by atoms with van der Waals surface area (Å²) in [6.07, 6.45) is 0.740. The second-order valence-corrected chi connectivity index (χ2v) is 7.55. The van der Waals surface area contributed by atoms with E-state index in [0.717, 1.165) is 6.42 Å². The topological polar surface area (TPSA) is 49.6 Å². The van der Waals surface area contributed by atoms with Crippen LogP contribution < -0.4 is 5.73 Å². The molecular formula is C17H25ClFN3O. The third-order valence-electron chi connectivity index (χ3n) is 4.65. The Bertz CT molecular complexity index is 571. The minimum atomic E-state index is -0.742. The van der Waals surface area contributed by atoms with Gasteiger partial charge in [0.05, 0.1) is 0 Å². The van der Waals surface area contributed by atoms with Crippen LogP contribution in [0.1, 0.15) is 31.9 Å². The van der Waals surface area contributed by atoms with Gasteiger partial charge in [0.25, 0.3) is 0 Å². The van der Waals surface area contributed by atoms with E-state index in [1.165, 1.54) is 6.07 Å². The van der Waals surface area contributed by atoms with E-state index in [1.807, 2.05) is 0 Å². The highest BCUT2D eigenvalue weighted by Crippen LogP contribution is 2.33. The fourth-order valence-electron chi connectivity index (χ4n) is 3.11. The number of carbonyl (C=O) groups is 1. The second kappa shape index (κ2) is 6.75. The lowest BCUT2D eigenvalue weighted by Crippen LogP contribution is -2.55.